The highest BCUT2D eigenvalue weighted by atomic mass is 32.1. The first-order valence-electron chi connectivity index (χ1n) is 16.3. The standard InChI is InChI=1S/C44H32N2OS/c1-5-13-28-29-16-11-18-32(42(29)48-40(28)6-2)37-25-36(31-17-12-20-35-41(31)30-15-7-9-19-34(30)44(35,3)4)45-43(46-37)26-22-23-39-33(24-26)27-14-8-10-21-38(27)47-39/h5-25H,2H2,1,3-4H3/b13-5-. The molecule has 4 heteroatoms. The molecule has 48 heavy (non-hydrogen) atoms. The van der Waals surface area contributed by atoms with Crippen molar-refractivity contribution in [3.8, 4) is 45.0 Å². The fourth-order valence-corrected chi connectivity index (χ4v) is 8.70. The van der Waals surface area contributed by atoms with Crippen LogP contribution in [0.25, 0.3) is 89.2 Å². The summed E-state index contributed by atoms with van der Waals surface area (Å²) in [5, 5.41) is 3.35. The average Bonchev–Trinajstić information content (AvgIpc) is 3.75. The monoisotopic (exact) mass is 636 g/mol. The summed E-state index contributed by atoms with van der Waals surface area (Å²) in [6, 6.07) is 38.6. The van der Waals surface area contributed by atoms with E-state index in [0.29, 0.717) is 5.82 Å². The molecule has 0 amide bonds. The molecule has 230 valence electrons. The van der Waals surface area contributed by atoms with E-state index in [1.165, 1.54) is 37.9 Å². The Morgan fingerprint density at radius 3 is 2.23 bits per heavy atom. The summed E-state index contributed by atoms with van der Waals surface area (Å²) in [7, 11) is 0. The molecule has 8 aromatic rings. The molecule has 1 aliphatic rings. The molecule has 0 fully saturated rings. The molecule has 1 aliphatic carbocycles. The van der Waals surface area contributed by atoms with Gasteiger partial charge in [0, 0.05) is 47.8 Å². The summed E-state index contributed by atoms with van der Waals surface area (Å²) in [6.07, 6.45) is 6.22. The largest absolute Gasteiger partial charge is 0.456 e. The molecule has 3 aromatic heterocycles. The first kappa shape index (κ1) is 28.6. The van der Waals surface area contributed by atoms with E-state index in [0.717, 1.165) is 54.9 Å². The van der Waals surface area contributed by atoms with Crippen molar-refractivity contribution in [1.82, 2.24) is 9.97 Å². The van der Waals surface area contributed by atoms with E-state index in [4.69, 9.17) is 14.4 Å². The van der Waals surface area contributed by atoms with Gasteiger partial charge in [0.15, 0.2) is 5.82 Å². The smallest absolute Gasteiger partial charge is 0.160 e. The number of hydrogen-bond donors (Lipinski definition) is 0. The predicted molar refractivity (Wildman–Crippen MR) is 203 cm³/mol. The SMILES string of the molecule is C=Cc1sc2c(-c3cc(-c4cccc5c4-c4ccccc4C5(C)C)nc(-c4ccc5oc6ccccc6c5c4)n3)cccc2c1/C=C\C. The fourth-order valence-electron chi connectivity index (χ4n) is 7.53. The minimum Gasteiger partial charge on any atom is -0.456 e. The zero-order chi connectivity index (χ0) is 32.6. The molecule has 0 saturated heterocycles. The summed E-state index contributed by atoms with van der Waals surface area (Å²) in [5.41, 5.74) is 13.0. The number of furan rings is 1. The van der Waals surface area contributed by atoms with Gasteiger partial charge >= 0.3 is 0 Å². The second-order valence-electron chi connectivity index (χ2n) is 12.9. The molecule has 0 bridgehead atoms. The number of benzene rings is 5. The van der Waals surface area contributed by atoms with Crippen LogP contribution in [-0.4, -0.2) is 9.97 Å². The Labute approximate surface area is 283 Å². The highest BCUT2D eigenvalue weighted by Gasteiger charge is 2.36. The normalized spacial score (nSPS) is 13.5. The van der Waals surface area contributed by atoms with Crippen molar-refractivity contribution in [2.45, 2.75) is 26.2 Å². The summed E-state index contributed by atoms with van der Waals surface area (Å²) in [5.74, 6) is 0.684. The van der Waals surface area contributed by atoms with Crippen molar-refractivity contribution in [2.75, 3.05) is 0 Å². The highest BCUT2D eigenvalue weighted by molar-refractivity contribution is 7.20. The van der Waals surface area contributed by atoms with Crippen molar-refractivity contribution in [2.24, 2.45) is 0 Å². The number of para-hydroxylation sites is 1. The molecule has 3 nitrogen and oxygen atoms in total. The first-order chi connectivity index (χ1) is 23.5. The van der Waals surface area contributed by atoms with Crippen LogP contribution < -0.4 is 0 Å². The molecule has 0 saturated carbocycles. The summed E-state index contributed by atoms with van der Waals surface area (Å²) in [4.78, 5) is 11.8. The quantitative estimate of drug-likeness (QED) is 0.189. The molecule has 9 rings (SSSR count). The molecule has 0 unspecified atom stereocenters. The van der Waals surface area contributed by atoms with Crippen LogP contribution in [0, 0.1) is 0 Å². The second kappa shape index (κ2) is 10.7. The van der Waals surface area contributed by atoms with Crippen molar-refractivity contribution in [3.63, 3.8) is 0 Å². The van der Waals surface area contributed by atoms with Gasteiger partial charge in [-0.2, -0.15) is 0 Å². The maximum absolute atomic E-state index is 6.17. The van der Waals surface area contributed by atoms with Crippen LogP contribution in [0.3, 0.4) is 0 Å². The molecule has 0 aliphatic heterocycles. The van der Waals surface area contributed by atoms with E-state index < -0.39 is 0 Å². The lowest BCUT2D eigenvalue weighted by molar-refractivity contribution is 0.660. The third-order valence-corrected chi connectivity index (χ3v) is 11.1. The van der Waals surface area contributed by atoms with Crippen molar-refractivity contribution in [1.29, 1.82) is 0 Å². The van der Waals surface area contributed by atoms with Crippen molar-refractivity contribution in [3.05, 3.63) is 143 Å². The maximum atomic E-state index is 6.17. The van der Waals surface area contributed by atoms with Gasteiger partial charge < -0.3 is 4.42 Å². The van der Waals surface area contributed by atoms with Crippen molar-refractivity contribution >= 4 is 55.5 Å². The van der Waals surface area contributed by atoms with Gasteiger partial charge in [0.2, 0.25) is 0 Å². The first-order valence-corrected chi connectivity index (χ1v) is 17.1. The van der Waals surface area contributed by atoms with Crippen LogP contribution in [-0.2, 0) is 5.41 Å². The van der Waals surface area contributed by atoms with Gasteiger partial charge in [-0.05, 0) is 65.1 Å². The van der Waals surface area contributed by atoms with Gasteiger partial charge in [0.1, 0.15) is 11.2 Å². The molecule has 0 N–H and O–H groups in total. The summed E-state index contributed by atoms with van der Waals surface area (Å²) in [6.45, 7) is 10.8. The third kappa shape index (κ3) is 4.19. The van der Waals surface area contributed by atoms with Gasteiger partial charge in [-0.1, -0.05) is 118 Å². The fraction of sp³-hybridized carbons (Fsp3) is 0.0909. The minimum atomic E-state index is -0.110. The lowest BCUT2D eigenvalue weighted by Crippen LogP contribution is -2.14. The van der Waals surface area contributed by atoms with E-state index in [2.05, 4.69) is 130 Å². The molecule has 3 heterocycles. The number of nitrogens with zero attached hydrogens (tertiary/aromatic N) is 2. The molecule has 0 radical (unpaired) electrons. The van der Waals surface area contributed by atoms with Gasteiger partial charge in [0.25, 0.3) is 0 Å². The number of thiophene rings is 1. The number of allylic oxidation sites excluding steroid dienone is 1. The predicted octanol–water partition coefficient (Wildman–Crippen LogP) is 12.6. The molecule has 5 aromatic carbocycles. The number of rotatable bonds is 5. The van der Waals surface area contributed by atoms with Crippen LogP contribution in [0.1, 0.15) is 42.3 Å². The Morgan fingerprint density at radius 2 is 1.38 bits per heavy atom. The van der Waals surface area contributed by atoms with Crippen molar-refractivity contribution < 1.29 is 4.42 Å². The number of hydrogen-bond acceptors (Lipinski definition) is 4. The Morgan fingerprint density at radius 1 is 0.688 bits per heavy atom. The van der Waals surface area contributed by atoms with Gasteiger partial charge in [-0.3, -0.25) is 0 Å². The van der Waals surface area contributed by atoms with Crippen LogP contribution in [0.4, 0.5) is 0 Å². The van der Waals surface area contributed by atoms with Gasteiger partial charge in [-0.25, -0.2) is 9.97 Å². The van der Waals surface area contributed by atoms with E-state index in [1.54, 1.807) is 11.3 Å². The van der Waals surface area contributed by atoms with Gasteiger partial charge in [0.05, 0.1) is 11.4 Å². The van der Waals surface area contributed by atoms with E-state index in [-0.39, 0.29) is 5.41 Å². The molecular formula is C44H32N2OS. The van der Waals surface area contributed by atoms with Gasteiger partial charge in [-0.15, -0.1) is 11.3 Å². The zero-order valence-electron chi connectivity index (χ0n) is 27.0. The minimum absolute atomic E-state index is 0.110. The second-order valence-corrected chi connectivity index (χ2v) is 14.0. The summed E-state index contributed by atoms with van der Waals surface area (Å²) >= 11 is 1.76. The molecule has 0 spiro atoms. The lowest BCUT2D eigenvalue weighted by Gasteiger charge is -2.21. The lowest BCUT2D eigenvalue weighted by atomic mass is 9.82. The highest BCUT2D eigenvalue weighted by Crippen LogP contribution is 2.52. The van der Waals surface area contributed by atoms with Crippen LogP contribution >= 0.6 is 11.3 Å². The Hall–Kier alpha value is -5.58. The third-order valence-electron chi connectivity index (χ3n) is 9.82. The van der Waals surface area contributed by atoms with Crippen LogP contribution in [0.2, 0.25) is 0 Å². The van der Waals surface area contributed by atoms with E-state index in [1.807, 2.05) is 24.3 Å². The number of fused-ring (bicyclic) bond motifs is 7. The topological polar surface area (TPSA) is 38.9 Å². The average molecular weight is 637 g/mol. The van der Waals surface area contributed by atoms with E-state index >= 15 is 0 Å². The van der Waals surface area contributed by atoms with Crippen LogP contribution in [0.5, 0.6) is 0 Å². The Kier molecular flexibility index (Phi) is 6.40. The van der Waals surface area contributed by atoms with Crippen LogP contribution in [0.15, 0.2) is 126 Å². The number of aromatic nitrogens is 2. The molecule has 0 atom stereocenters. The summed E-state index contributed by atoms with van der Waals surface area (Å²) < 4.78 is 7.36. The Balaban J connectivity index is 1.33. The maximum Gasteiger partial charge on any atom is 0.160 e. The Bertz CT molecular complexity index is 2630. The molecular weight excluding hydrogens is 605 g/mol. The zero-order valence-corrected chi connectivity index (χ0v) is 27.9. The van der Waals surface area contributed by atoms with E-state index in [9.17, 15) is 0 Å².